The number of nitrogens with one attached hydrogen (secondary N) is 2. The highest BCUT2D eigenvalue weighted by Gasteiger charge is 2.24. The Bertz CT molecular complexity index is 871. The molecule has 0 unspecified atom stereocenters. The zero-order valence-electron chi connectivity index (χ0n) is 13.5. The molecule has 8 heteroatoms. The molecule has 2 aromatic rings. The maximum atomic E-state index is 12.4. The largest absolute Gasteiger partial charge is 0.493 e. The smallest absolute Gasteiger partial charge is 0.267 e. The van der Waals surface area contributed by atoms with Crippen LogP contribution in [0.4, 0.5) is 0 Å². The number of H-pyrrole nitrogens is 1. The number of fused-ring (bicyclic) bond motifs is 1. The van der Waals surface area contributed by atoms with E-state index in [4.69, 9.17) is 4.74 Å². The lowest BCUT2D eigenvalue weighted by Gasteiger charge is -2.09. The van der Waals surface area contributed by atoms with E-state index in [-0.39, 0.29) is 17.2 Å². The SMILES string of the molecule is CC(C)c1[nH]ncc1S(=O)(=O)NC(=O)Cc1ccc2c(c1)CCO2. The molecule has 0 radical (unpaired) electrons. The van der Waals surface area contributed by atoms with Crippen LogP contribution in [0.5, 0.6) is 5.75 Å². The zero-order chi connectivity index (χ0) is 17.3. The summed E-state index contributed by atoms with van der Waals surface area (Å²) >= 11 is 0. The van der Waals surface area contributed by atoms with Gasteiger partial charge in [-0.05, 0) is 23.1 Å². The normalized spacial score (nSPS) is 13.6. The van der Waals surface area contributed by atoms with Crippen LogP contribution >= 0.6 is 0 Å². The average Bonchev–Trinajstić information content (AvgIpc) is 3.15. The number of rotatable bonds is 5. The van der Waals surface area contributed by atoms with Crippen LogP contribution < -0.4 is 9.46 Å². The Hall–Kier alpha value is -2.35. The molecule has 0 saturated carbocycles. The van der Waals surface area contributed by atoms with Crippen LogP contribution in [0.1, 0.15) is 36.6 Å². The number of ether oxygens (including phenoxy) is 1. The van der Waals surface area contributed by atoms with E-state index in [1.54, 1.807) is 6.07 Å². The summed E-state index contributed by atoms with van der Waals surface area (Å²) in [4.78, 5) is 12.2. The maximum Gasteiger partial charge on any atom is 0.267 e. The van der Waals surface area contributed by atoms with Gasteiger partial charge in [0.05, 0.1) is 24.9 Å². The van der Waals surface area contributed by atoms with Crippen molar-refractivity contribution in [3.8, 4) is 5.75 Å². The Labute approximate surface area is 140 Å². The van der Waals surface area contributed by atoms with Gasteiger partial charge in [-0.25, -0.2) is 13.1 Å². The fraction of sp³-hybridized carbons (Fsp3) is 0.375. The lowest BCUT2D eigenvalue weighted by Crippen LogP contribution is -2.32. The lowest BCUT2D eigenvalue weighted by atomic mass is 10.1. The molecule has 3 rings (SSSR count). The van der Waals surface area contributed by atoms with Gasteiger partial charge in [0.2, 0.25) is 5.91 Å². The highest BCUT2D eigenvalue weighted by atomic mass is 32.2. The van der Waals surface area contributed by atoms with Crippen molar-refractivity contribution in [3.05, 3.63) is 41.2 Å². The summed E-state index contributed by atoms with van der Waals surface area (Å²) in [6.07, 6.45) is 2.01. The monoisotopic (exact) mass is 349 g/mol. The van der Waals surface area contributed by atoms with Gasteiger partial charge >= 0.3 is 0 Å². The highest BCUT2D eigenvalue weighted by molar-refractivity contribution is 7.90. The number of nitrogens with zero attached hydrogens (tertiary/aromatic N) is 1. The van der Waals surface area contributed by atoms with Crippen LogP contribution in [0.15, 0.2) is 29.3 Å². The number of aromatic amines is 1. The van der Waals surface area contributed by atoms with E-state index in [1.807, 2.05) is 26.0 Å². The molecule has 0 fully saturated rings. The molecule has 7 nitrogen and oxygen atoms in total. The standard InChI is InChI=1S/C16H19N3O4S/c1-10(2)16-14(9-17-18-16)24(21,22)19-15(20)8-11-3-4-13-12(7-11)5-6-23-13/h3-4,7,9-10H,5-6,8H2,1-2H3,(H,17,18)(H,19,20). The van der Waals surface area contributed by atoms with E-state index in [1.165, 1.54) is 6.20 Å². The van der Waals surface area contributed by atoms with Gasteiger partial charge in [-0.15, -0.1) is 0 Å². The van der Waals surface area contributed by atoms with Crippen LogP contribution in [0.25, 0.3) is 0 Å². The second-order valence-corrected chi connectivity index (χ2v) is 7.70. The van der Waals surface area contributed by atoms with Crippen LogP contribution in [0.2, 0.25) is 0 Å². The van der Waals surface area contributed by atoms with Crippen molar-refractivity contribution < 1.29 is 17.9 Å². The summed E-state index contributed by atoms with van der Waals surface area (Å²) in [6.45, 7) is 4.33. The molecule has 1 amide bonds. The van der Waals surface area contributed by atoms with Crippen LogP contribution in [-0.2, 0) is 27.7 Å². The minimum Gasteiger partial charge on any atom is -0.493 e. The lowest BCUT2D eigenvalue weighted by molar-refractivity contribution is -0.118. The van der Waals surface area contributed by atoms with E-state index >= 15 is 0 Å². The first kappa shape index (κ1) is 16.5. The van der Waals surface area contributed by atoms with Crippen molar-refractivity contribution in [1.29, 1.82) is 0 Å². The summed E-state index contributed by atoms with van der Waals surface area (Å²) in [5.41, 5.74) is 2.27. The predicted octanol–water partition coefficient (Wildman–Crippen LogP) is 1.52. The van der Waals surface area contributed by atoms with E-state index in [9.17, 15) is 13.2 Å². The van der Waals surface area contributed by atoms with Gasteiger partial charge < -0.3 is 4.74 Å². The third-order valence-corrected chi connectivity index (χ3v) is 5.27. The first-order valence-electron chi connectivity index (χ1n) is 7.70. The van der Waals surface area contributed by atoms with Crippen LogP contribution in [-0.4, -0.2) is 31.1 Å². The molecule has 1 aliphatic rings. The molecular formula is C16H19N3O4S. The topological polar surface area (TPSA) is 101 Å². The number of hydrogen-bond donors (Lipinski definition) is 2. The van der Waals surface area contributed by atoms with Gasteiger partial charge in [0.25, 0.3) is 10.0 Å². The summed E-state index contributed by atoms with van der Waals surface area (Å²) < 4.78 is 32.3. The van der Waals surface area contributed by atoms with Crippen molar-refractivity contribution in [2.75, 3.05) is 6.61 Å². The number of amides is 1. The van der Waals surface area contributed by atoms with Crippen molar-refractivity contribution in [1.82, 2.24) is 14.9 Å². The maximum absolute atomic E-state index is 12.4. The summed E-state index contributed by atoms with van der Waals surface area (Å²) in [5.74, 6) is 0.197. The van der Waals surface area contributed by atoms with Gasteiger partial charge in [0, 0.05) is 6.42 Å². The molecular weight excluding hydrogens is 330 g/mol. The quantitative estimate of drug-likeness (QED) is 0.852. The Morgan fingerprint density at radius 2 is 2.21 bits per heavy atom. The Kier molecular flexibility index (Phi) is 4.31. The molecule has 0 aliphatic carbocycles. The van der Waals surface area contributed by atoms with Crippen LogP contribution in [0.3, 0.4) is 0 Å². The molecule has 0 spiro atoms. The molecule has 128 valence electrons. The number of aromatic nitrogens is 2. The second-order valence-electron chi connectivity index (χ2n) is 6.05. The fourth-order valence-corrected chi connectivity index (χ4v) is 3.93. The minimum absolute atomic E-state index is 0.00760. The second kappa shape index (κ2) is 6.27. The molecule has 2 N–H and O–H groups in total. The predicted molar refractivity (Wildman–Crippen MR) is 87.4 cm³/mol. The number of sulfonamides is 1. The Morgan fingerprint density at radius 1 is 1.42 bits per heavy atom. The summed E-state index contributed by atoms with van der Waals surface area (Å²) in [7, 11) is -3.94. The summed E-state index contributed by atoms with van der Waals surface area (Å²) in [5, 5.41) is 6.44. The van der Waals surface area contributed by atoms with Crippen molar-refractivity contribution >= 4 is 15.9 Å². The fourth-order valence-electron chi connectivity index (χ4n) is 2.69. The van der Waals surface area contributed by atoms with E-state index in [0.29, 0.717) is 12.3 Å². The number of carbonyl (C=O) groups is 1. The van der Waals surface area contributed by atoms with Gasteiger partial charge in [-0.1, -0.05) is 26.0 Å². The third-order valence-electron chi connectivity index (χ3n) is 3.87. The van der Waals surface area contributed by atoms with Gasteiger partial charge in [0.1, 0.15) is 10.6 Å². The van der Waals surface area contributed by atoms with E-state index in [2.05, 4.69) is 14.9 Å². The number of hydrogen-bond acceptors (Lipinski definition) is 5. The van der Waals surface area contributed by atoms with Gasteiger partial charge in [-0.2, -0.15) is 5.10 Å². The van der Waals surface area contributed by atoms with Crippen molar-refractivity contribution in [2.45, 2.75) is 37.5 Å². The first-order valence-corrected chi connectivity index (χ1v) is 9.18. The van der Waals surface area contributed by atoms with Gasteiger partial charge in [-0.3, -0.25) is 9.89 Å². The molecule has 0 bridgehead atoms. The molecule has 0 saturated heterocycles. The molecule has 1 aliphatic heterocycles. The zero-order valence-corrected chi connectivity index (χ0v) is 14.3. The first-order chi connectivity index (χ1) is 11.4. The van der Waals surface area contributed by atoms with Crippen LogP contribution in [0, 0.1) is 0 Å². The molecule has 1 aromatic heterocycles. The minimum atomic E-state index is -3.94. The molecule has 24 heavy (non-hydrogen) atoms. The van der Waals surface area contributed by atoms with E-state index < -0.39 is 15.9 Å². The van der Waals surface area contributed by atoms with Crippen molar-refractivity contribution in [2.24, 2.45) is 0 Å². The highest BCUT2D eigenvalue weighted by Crippen LogP contribution is 2.26. The van der Waals surface area contributed by atoms with Gasteiger partial charge in [0.15, 0.2) is 0 Å². The third kappa shape index (κ3) is 3.28. The molecule has 2 heterocycles. The molecule has 0 atom stereocenters. The van der Waals surface area contributed by atoms with Crippen molar-refractivity contribution in [3.63, 3.8) is 0 Å². The Morgan fingerprint density at radius 3 is 2.96 bits per heavy atom. The van der Waals surface area contributed by atoms with E-state index in [0.717, 1.165) is 23.3 Å². The molecule has 1 aromatic carbocycles. The number of carbonyl (C=O) groups excluding carboxylic acids is 1. The average molecular weight is 349 g/mol. The Balaban J connectivity index is 1.73. The number of benzene rings is 1. The summed E-state index contributed by atoms with van der Waals surface area (Å²) in [6, 6.07) is 5.46.